The van der Waals surface area contributed by atoms with Gasteiger partial charge in [0.05, 0.1) is 0 Å². The smallest absolute Gasteiger partial charge is 0.0491 e. The van der Waals surface area contributed by atoms with Crippen LogP contribution in [0.25, 0.3) is 0 Å². The molecule has 2 aliphatic heterocycles. The molecule has 20 heavy (non-hydrogen) atoms. The molecule has 1 atom stereocenters. The summed E-state index contributed by atoms with van der Waals surface area (Å²) in [5, 5.41) is 3.58. The highest BCUT2D eigenvalue weighted by molar-refractivity contribution is 5.62. The molecule has 0 aromatic heterocycles. The van der Waals surface area contributed by atoms with Crippen molar-refractivity contribution in [3.63, 3.8) is 0 Å². The number of benzene rings is 1. The Kier molecular flexibility index (Phi) is 4.16. The number of fused-ring (bicyclic) bond motifs is 1. The van der Waals surface area contributed by atoms with Gasteiger partial charge in [-0.15, -0.1) is 0 Å². The number of nitrogens with one attached hydrogen (secondary N) is 1. The second-order valence-electron chi connectivity index (χ2n) is 6.31. The largest absolute Gasteiger partial charge is 0.384 e. The van der Waals surface area contributed by atoms with Crippen molar-refractivity contribution >= 4 is 11.4 Å². The number of hydrogen-bond acceptors (Lipinski definition) is 3. The first-order valence-electron chi connectivity index (χ1n) is 7.89. The van der Waals surface area contributed by atoms with Crippen LogP contribution in [0, 0.1) is 5.92 Å². The molecule has 0 bridgehead atoms. The highest BCUT2D eigenvalue weighted by Crippen LogP contribution is 2.31. The Morgan fingerprint density at radius 1 is 1.25 bits per heavy atom. The molecule has 1 saturated heterocycles. The van der Waals surface area contributed by atoms with E-state index in [2.05, 4.69) is 35.3 Å². The monoisotopic (exact) mass is 274 g/mol. The molecular weight excluding hydrogens is 248 g/mol. The topological polar surface area (TPSA) is 24.5 Å². The highest BCUT2D eigenvalue weighted by atomic mass is 16.5. The third kappa shape index (κ3) is 2.93. The van der Waals surface area contributed by atoms with Crippen LogP contribution in [0.15, 0.2) is 18.2 Å². The Balaban J connectivity index is 1.66. The average molecular weight is 274 g/mol. The Morgan fingerprint density at radius 3 is 2.80 bits per heavy atom. The number of nitrogens with zero attached hydrogens (tertiary/aromatic N) is 1. The van der Waals surface area contributed by atoms with E-state index in [4.69, 9.17) is 4.74 Å². The Labute approximate surface area is 122 Å². The van der Waals surface area contributed by atoms with Gasteiger partial charge in [-0.05, 0) is 62.3 Å². The van der Waals surface area contributed by atoms with E-state index < -0.39 is 0 Å². The SMILES string of the molecule is COCC1CCN(c2ccc3c(c2)CCC(C)N3)CC1. The van der Waals surface area contributed by atoms with Gasteiger partial charge in [-0.1, -0.05) is 0 Å². The van der Waals surface area contributed by atoms with Crippen LogP contribution in [0.5, 0.6) is 0 Å². The molecule has 3 rings (SSSR count). The fraction of sp³-hybridized carbons (Fsp3) is 0.647. The van der Waals surface area contributed by atoms with Gasteiger partial charge in [-0.3, -0.25) is 0 Å². The van der Waals surface area contributed by atoms with Crippen LogP contribution in [0.4, 0.5) is 11.4 Å². The lowest BCUT2D eigenvalue weighted by Crippen LogP contribution is -2.35. The van der Waals surface area contributed by atoms with Gasteiger partial charge in [0.25, 0.3) is 0 Å². The lowest BCUT2D eigenvalue weighted by Gasteiger charge is -2.34. The van der Waals surface area contributed by atoms with E-state index in [0.717, 1.165) is 25.6 Å². The van der Waals surface area contributed by atoms with Gasteiger partial charge in [0.2, 0.25) is 0 Å². The fourth-order valence-electron chi connectivity index (χ4n) is 3.43. The molecule has 2 aliphatic rings. The van der Waals surface area contributed by atoms with E-state index >= 15 is 0 Å². The van der Waals surface area contributed by atoms with Crippen molar-refractivity contribution in [3.05, 3.63) is 23.8 Å². The molecule has 3 nitrogen and oxygen atoms in total. The zero-order valence-electron chi connectivity index (χ0n) is 12.7. The summed E-state index contributed by atoms with van der Waals surface area (Å²) in [5.41, 5.74) is 4.22. The summed E-state index contributed by atoms with van der Waals surface area (Å²) in [6.07, 6.45) is 4.95. The van der Waals surface area contributed by atoms with Crippen LogP contribution >= 0.6 is 0 Å². The van der Waals surface area contributed by atoms with E-state index in [0.29, 0.717) is 6.04 Å². The van der Waals surface area contributed by atoms with Crippen molar-refractivity contribution in [2.24, 2.45) is 5.92 Å². The second-order valence-corrected chi connectivity index (χ2v) is 6.31. The number of methoxy groups -OCH3 is 1. The molecule has 0 amide bonds. The number of piperidine rings is 1. The van der Waals surface area contributed by atoms with Crippen molar-refractivity contribution in [2.45, 2.75) is 38.6 Å². The minimum atomic E-state index is 0.609. The molecule has 0 saturated carbocycles. The van der Waals surface area contributed by atoms with E-state index in [1.807, 2.05) is 7.11 Å². The van der Waals surface area contributed by atoms with Crippen LogP contribution in [0.3, 0.4) is 0 Å². The predicted molar refractivity (Wildman–Crippen MR) is 84.7 cm³/mol. The summed E-state index contributed by atoms with van der Waals surface area (Å²) in [5.74, 6) is 0.747. The normalized spacial score (nSPS) is 23.3. The Morgan fingerprint density at radius 2 is 2.05 bits per heavy atom. The fourth-order valence-corrected chi connectivity index (χ4v) is 3.43. The highest BCUT2D eigenvalue weighted by Gasteiger charge is 2.21. The number of ether oxygens (including phenoxy) is 1. The van der Waals surface area contributed by atoms with Crippen molar-refractivity contribution in [1.82, 2.24) is 0 Å². The summed E-state index contributed by atoms with van der Waals surface area (Å²) in [6, 6.07) is 7.55. The molecule has 1 N–H and O–H groups in total. The summed E-state index contributed by atoms with van der Waals surface area (Å²) < 4.78 is 5.28. The number of anilines is 2. The zero-order valence-corrected chi connectivity index (χ0v) is 12.7. The first-order chi connectivity index (χ1) is 9.76. The van der Waals surface area contributed by atoms with Crippen molar-refractivity contribution < 1.29 is 4.74 Å². The number of aryl methyl sites for hydroxylation is 1. The second kappa shape index (κ2) is 6.04. The number of rotatable bonds is 3. The third-order valence-corrected chi connectivity index (χ3v) is 4.72. The van der Waals surface area contributed by atoms with Gasteiger partial charge >= 0.3 is 0 Å². The van der Waals surface area contributed by atoms with Gasteiger partial charge in [0, 0.05) is 44.2 Å². The van der Waals surface area contributed by atoms with Crippen molar-refractivity contribution in [1.29, 1.82) is 0 Å². The van der Waals surface area contributed by atoms with Crippen LogP contribution in [0.2, 0.25) is 0 Å². The standard InChI is InChI=1S/C17H26N2O/c1-13-3-4-15-11-16(5-6-17(15)18-13)19-9-7-14(8-10-19)12-20-2/h5-6,11,13-14,18H,3-4,7-10,12H2,1-2H3. The third-order valence-electron chi connectivity index (χ3n) is 4.72. The molecule has 0 aliphatic carbocycles. The first-order valence-corrected chi connectivity index (χ1v) is 7.89. The zero-order chi connectivity index (χ0) is 13.9. The van der Waals surface area contributed by atoms with Crippen LogP contribution in [0.1, 0.15) is 31.7 Å². The van der Waals surface area contributed by atoms with E-state index in [1.54, 1.807) is 0 Å². The molecule has 1 fully saturated rings. The first kappa shape index (κ1) is 13.7. The minimum absolute atomic E-state index is 0.609. The summed E-state index contributed by atoms with van der Waals surface area (Å²) in [7, 11) is 1.81. The Hall–Kier alpha value is -1.22. The molecule has 1 aromatic carbocycles. The van der Waals surface area contributed by atoms with E-state index in [-0.39, 0.29) is 0 Å². The maximum absolute atomic E-state index is 5.28. The van der Waals surface area contributed by atoms with Crippen LogP contribution in [-0.4, -0.2) is 32.8 Å². The van der Waals surface area contributed by atoms with Crippen LogP contribution in [-0.2, 0) is 11.2 Å². The van der Waals surface area contributed by atoms with Crippen LogP contribution < -0.4 is 10.2 Å². The average Bonchev–Trinajstić information content (AvgIpc) is 2.48. The Bertz CT molecular complexity index is 452. The maximum Gasteiger partial charge on any atom is 0.0491 e. The van der Waals surface area contributed by atoms with Gasteiger partial charge in [0.15, 0.2) is 0 Å². The lowest BCUT2D eigenvalue weighted by atomic mass is 9.95. The van der Waals surface area contributed by atoms with E-state index in [1.165, 1.54) is 42.6 Å². The predicted octanol–water partition coefficient (Wildman–Crippen LogP) is 3.30. The minimum Gasteiger partial charge on any atom is -0.384 e. The van der Waals surface area contributed by atoms with Gasteiger partial charge in [-0.2, -0.15) is 0 Å². The summed E-state index contributed by atoms with van der Waals surface area (Å²) >= 11 is 0. The number of hydrogen-bond donors (Lipinski definition) is 1. The van der Waals surface area contributed by atoms with E-state index in [9.17, 15) is 0 Å². The van der Waals surface area contributed by atoms with Crippen molar-refractivity contribution in [2.75, 3.05) is 37.0 Å². The molecule has 3 heteroatoms. The summed E-state index contributed by atoms with van der Waals surface area (Å²) in [4.78, 5) is 2.53. The molecular formula is C17H26N2O. The molecule has 1 unspecified atom stereocenters. The van der Waals surface area contributed by atoms with Gasteiger partial charge in [0.1, 0.15) is 0 Å². The molecule has 0 radical (unpaired) electrons. The molecule has 0 spiro atoms. The molecule has 1 aromatic rings. The van der Waals surface area contributed by atoms with Gasteiger partial charge < -0.3 is 15.0 Å². The summed E-state index contributed by atoms with van der Waals surface area (Å²) in [6.45, 7) is 5.50. The maximum atomic E-state index is 5.28. The van der Waals surface area contributed by atoms with Crippen molar-refractivity contribution in [3.8, 4) is 0 Å². The quantitative estimate of drug-likeness (QED) is 0.915. The van der Waals surface area contributed by atoms with Gasteiger partial charge in [-0.25, -0.2) is 0 Å². The molecule has 110 valence electrons. The lowest BCUT2D eigenvalue weighted by molar-refractivity contribution is 0.139. The molecule has 2 heterocycles.